The van der Waals surface area contributed by atoms with Crippen LogP contribution in [0, 0.1) is 0 Å². The van der Waals surface area contributed by atoms with Crippen molar-refractivity contribution in [1.82, 2.24) is 0 Å². The first-order valence-electron chi connectivity index (χ1n) is 11.6. The van der Waals surface area contributed by atoms with E-state index >= 15 is 0 Å². The maximum atomic E-state index is 6.94. The summed E-state index contributed by atoms with van der Waals surface area (Å²) in [5.74, 6) is 0. The average Bonchev–Trinajstić information content (AvgIpc) is 2.44. The molecule has 0 N–H and O–H groups in total. The van der Waals surface area contributed by atoms with Crippen LogP contribution < -0.4 is 0 Å². The molecule has 0 atom stereocenters. The number of rotatable bonds is 9. The lowest BCUT2D eigenvalue weighted by Gasteiger charge is -2.55. The van der Waals surface area contributed by atoms with Gasteiger partial charge in [0, 0.05) is 13.2 Å². The van der Waals surface area contributed by atoms with Crippen molar-refractivity contribution in [1.29, 1.82) is 0 Å². The molecule has 0 saturated heterocycles. The highest BCUT2D eigenvalue weighted by atomic mass is 28.4. The fourth-order valence-corrected chi connectivity index (χ4v) is 19.1. The Kier molecular flexibility index (Phi) is 9.78. The largest absolute Gasteiger partial charge is 0.416 e. The molecule has 0 aromatic carbocycles. The van der Waals surface area contributed by atoms with E-state index in [2.05, 4.69) is 96.9 Å². The van der Waals surface area contributed by atoms with Gasteiger partial charge < -0.3 is 8.85 Å². The Bertz CT molecular complexity index is 387. The molecule has 0 amide bonds. The Morgan fingerprint density at radius 3 is 0.821 bits per heavy atom. The van der Waals surface area contributed by atoms with Crippen molar-refractivity contribution in [3.8, 4) is 0 Å². The zero-order valence-corrected chi connectivity index (χ0v) is 24.1. The van der Waals surface area contributed by atoms with Crippen molar-refractivity contribution in [2.45, 2.75) is 142 Å². The smallest absolute Gasteiger partial charge is 0.203 e. The summed E-state index contributed by atoms with van der Waals surface area (Å²) in [5.41, 5.74) is 0. The maximum absolute atomic E-state index is 6.94. The first-order valence-corrected chi connectivity index (χ1v) is 15.8. The van der Waals surface area contributed by atoms with Crippen LogP contribution in [-0.4, -0.2) is 29.8 Å². The van der Waals surface area contributed by atoms with Crippen LogP contribution in [0.25, 0.3) is 0 Å². The van der Waals surface area contributed by atoms with Gasteiger partial charge in [0.25, 0.3) is 0 Å². The summed E-state index contributed by atoms with van der Waals surface area (Å²) in [4.78, 5) is 0. The van der Waals surface area contributed by atoms with Crippen LogP contribution in [0.2, 0.25) is 32.2 Å². The predicted molar refractivity (Wildman–Crippen MR) is 132 cm³/mol. The van der Waals surface area contributed by atoms with E-state index < -0.39 is 16.6 Å². The molecule has 0 rings (SSSR count). The average molecular weight is 431 g/mol. The molecule has 0 fully saturated rings. The monoisotopic (exact) mass is 430 g/mol. The molecular formula is C24H54O2Si2. The van der Waals surface area contributed by atoms with E-state index in [1.54, 1.807) is 0 Å². The van der Waals surface area contributed by atoms with Gasteiger partial charge >= 0.3 is 0 Å². The third-order valence-electron chi connectivity index (χ3n) is 6.78. The van der Waals surface area contributed by atoms with Crippen LogP contribution in [0.5, 0.6) is 0 Å². The summed E-state index contributed by atoms with van der Waals surface area (Å²) >= 11 is 0. The first-order chi connectivity index (χ1) is 12.3. The fraction of sp³-hybridized carbons (Fsp3) is 1.00. The van der Waals surface area contributed by atoms with Gasteiger partial charge in [-0.3, -0.25) is 0 Å². The van der Waals surface area contributed by atoms with Gasteiger partial charge in [0.1, 0.15) is 0 Å². The molecule has 0 bridgehead atoms. The minimum Gasteiger partial charge on any atom is -0.416 e. The molecule has 0 aliphatic heterocycles. The summed E-state index contributed by atoms with van der Waals surface area (Å²) in [5, 5.41) is 0.782. The van der Waals surface area contributed by atoms with Crippen LogP contribution in [0.15, 0.2) is 0 Å². The molecular weight excluding hydrogens is 376 g/mol. The Morgan fingerprint density at radius 2 is 0.679 bits per heavy atom. The van der Waals surface area contributed by atoms with Gasteiger partial charge in [-0.25, -0.2) is 0 Å². The van der Waals surface area contributed by atoms with Crippen LogP contribution in [-0.2, 0) is 8.85 Å². The van der Waals surface area contributed by atoms with Crippen LogP contribution >= 0.6 is 0 Å². The number of hydrogen-bond acceptors (Lipinski definition) is 2. The molecule has 0 radical (unpaired) electrons. The van der Waals surface area contributed by atoms with E-state index in [1.807, 2.05) is 0 Å². The van der Waals surface area contributed by atoms with E-state index in [-0.39, 0.29) is 20.2 Å². The summed E-state index contributed by atoms with van der Waals surface area (Å²) in [7, 11) is -4.14. The first kappa shape index (κ1) is 28.4. The normalized spacial score (nSPS) is 15.2. The van der Waals surface area contributed by atoms with Crippen LogP contribution in [0.1, 0.15) is 110 Å². The molecule has 2 nitrogen and oxygen atoms in total. The van der Waals surface area contributed by atoms with E-state index in [4.69, 9.17) is 8.85 Å². The van der Waals surface area contributed by atoms with Crippen molar-refractivity contribution in [3.63, 3.8) is 0 Å². The van der Waals surface area contributed by atoms with E-state index in [1.165, 1.54) is 12.1 Å². The Balaban J connectivity index is 6.34. The maximum Gasteiger partial charge on any atom is 0.203 e. The van der Waals surface area contributed by atoms with Gasteiger partial charge in [-0.1, -0.05) is 96.9 Å². The molecule has 0 saturated carbocycles. The third kappa shape index (κ3) is 5.95. The van der Waals surface area contributed by atoms with Gasteiger partial charge in [-0.05, 0) is 45.1 Å². The molecule has 28 heavy (non-hydrogen) atoms. The Labute approximate surface area is 180 Å². The zero-order chi connectivity index (χ0) is 22.7. The van der Waals surface area contributed by atoms with Gasteiger partial charge in [0.05, 0.1) is 0 Å². The van der Waals surface area contributed by atoms with Gasteiger partial charge in [0.2, 0.25) is 16.6 Å². The molecule has 0 spiro atoms. The van der Waals surface area contributed by atoms with Gasteiger partial charge in [-0.15, -0.1) is 0 Å². The fourth-order valence-electron chi connectivity index (χ4n) is 5.67. The van der Waals surface area contributed by atoms with Crippen molar-refractivity contribution < 1.29 is 8.85 Å². The summed E-state index contributed by atoms with van der Waals surface area (Å²) in [6.45, 7) is 35.3. The second-order valence-corrected chi connectivity index (χ2v) is 23.7. The van der Waals surface area contributed by atoms with E-state index in [0.717, 1.165) is 26.1 Å². The second kappa shape index (κ2) is 9.66. The molecule has 170 valence electrons. The summed E-state index contributed by atoms with van der Waals surface area (Å²) in [6.07, 6.45) is 2.18. The van der Waals surface area contributed by atoms with Gasteiger partial charge in [-0.2, -0.15) is 0 Å². The highest BCUT2D eigenvalue weighted by Crippen LogP contribution is 2.59. The van der Waals surface area contributed by atoms with Gasteiger partial charge in [0.15, 0.2) is 0 Å². The minimum absolute atomic E-state index is 0.196. The molecule has 0 aliphatic carbocycles. The molecule has 0 heterocycles. The second-order valence-electron chi connectivity index (χ2n) is 12.9. The van der Waals surface area contributed by atoms with E-state index in [0.29, 0.717) is 0 Å². The molecule has 4 heteroatoms. The Hall–Kier alpha value is 0.354. The summed E-state index contributed by atoms with van der Waals surface area (Å²) < 4.78 is 13.9. The molecule has 0 aliphatic rings. The SMILES string of the molecule is CCCO[Si](CC[Si](OCCC)(C(C)(C)C)C(C)(C)C)(C(C)(C)C)C(C)(C)C. The zero-order valence-electron chi connectivity index (χ0n) is 22.1. The van der Waals surface area contributed by atoms with Crippen LogP contribution in [0.4, 0.5) is 0 Å². The standard InChI is InChI=1S/C24H54O2Si2/c1-15-17-25-27(21(3,4)5,22(6,7)8)19-20-28(23(9,10)11,24(12,13)14)26-18-16-2/h15-20H2,1-14H3. The lowest BCUT2D eigenvalue weighted by Crippen LogP contribution is -2.59. The third-order valence-corrected chi connectivity index (χ3v) is 20.3. The van der Waals surface area contributed by atoms with Crippen LogP contribution in [0.3, 0.4) is 0 Å². The topological polar surface area (TPSA) is 18.5 Å². The lowest BCUT2D eigenvalue weighted by atomic mass is 10.2. The van der Waals surface area contributed by atoms with Crippen molar-refractivity contribution in [3.05, 3.63) is 0 Å². The van der Waals surface area contributed by atoms with E-state index in [9.17, 15) is 0 Å². The highest BCUT2D eigenvalue weighted by molar-refractivity contribution is 6.84. The molecule has 0 aromatic rings. The highest BCUT2D eigenvalue weighted by Gasteiger charge is 2.60. The molecule has 0 aromatic heterocycles. The lowest BCUT2D eigenvalue weighted by molar-refractivity contribution is 0.245. The van der Waals surface area contributed by atoms with Crippen molar-refractivity contribution in [2.24, 2.45) is 0 Å². The van der Waals surface area contributed by atoms with Crippen molar-refractivity contribution >= 4 is 16.6 Å². The van der Waals surface area contributed by atoms with Crippen molar-refractivity contribution in [2.75, 3.05) is 13.2 Å². The quantitative estimate of drug-likeness (QED) is 0.340. The predicted octanol–water partition coefficient (Wildman–Crippen LogP) is 8.93. The molecule has 0 unspecified atom stereocenters. The number of hydrogen-bond donors (Lipinski definition) is 0. The minimum atomic E-state index is -2.07. The summed E-state index contributed by atoms with van der Waals surface area (Å²) in [6, 6.07) is 2.40. The Morgan fingerprint density at radius 1 is 0.464 bits per heavy atom.